The Balaban J connectivity index is 2.19. The van der Waals surface area contributed by atoms with E-state index >= 15 is 0 Å². The van der Waals surface area contributed by atoms with Crippen molar-refractivity contribution in [1.82, 2.24) is 5.32 Å². The number of rotatable bonds is 3. The maximum absolute atomic E-state index is 13.3. The monoisotopic (exact) mass is 235 g/mol. The second kappa shape index (κ2) is 5.63. The molecule has 0 aliphatic heterocycles. The van der Waals surface area contributed by atoms with Gasteiger partial charge in [0.15, 0.2) is 0 Å². The number of hydrogen-bond donors (Lipinski definition) is 1. The van der Waals surface area contributed by atoms with Gasteiger partial charge in [-0.05, 0) is 61.9 Å². The topological polar surface area (TPSA) is 12.0 Å². The summed E-state index contributed by atoms with van der Waals surface area (Å²) in [5.41, 5.74) is 1.18. The van der Waals surface area contributed by atoms with Crippen LogP contribution in [0.15, 0.2) is 24.3 Å². The SMILES string of the molecule is CNCC1CCC(C)CC1c1cccc(F)c1. The number of nitrogens with one attached hydrogen (secondary N) is 1. The summed E-state index contributed by atoms with van der Waals surface area (Å²) in [6.45, 7) is 3.34. The van der Waals surface area contributed by atoms with Gasteiger partial charge in [-0.2, -0.15) is 0 Å². The van der Waals surface area contributed by atoms with Crippen molar-refractivity contribution in [2.24, 2.45) is 11.8 Å². The molecule has 2 heteroatoms. The van der Waals surface area contributed by atoms with Crippen LogP contribution in [-0.2, 0) is 0 Å². The van der Waals surface area contributed by atoms with Crippen molar-refractivity contribution in [2.45, 2.75) is 32.1 Å². The minimum atomic E-state index is -0.107. The fourth-order valence-corrected chi connectivity index (χ4v) is 3.10. The van der Waals surface area contributed by atoms with Crippen LogP contribution in [0, 0.1) is 17.7 Å². The number of halogens is 1. The number of hydrogen-bond acceptors (Lipinski definition) is 1. The molecule has 1 aromatic rings. The Morgan fingerprint density at radius 2 is 2.18 bits per heavy atom. The molecule has 1 saturated carbocycles. The average molecular weight is 235 g/mol. The van der Waals surface area contributed by atoms with E-state index in [1.54, 1.807) is 6.07 Å². The van der Waals surface area contributed by atoms with Crippen LogP contribution in [0.1, 0.15) is 37.7 Å². The molecule has 0 amide bonds. The highest BCUT2D eigenvalue weighted by Crippen LogP contribution is 2.40. The molecule has 1 N–H and O–H groups in total. The molecular formula is C15H22FN. The maximum Gasteiger partial charge on any atom is 0.123 e. The van der Waals surface area contributed by atoms with E-state index in [2.05, 4.69) is 18.3 Å². The second-order valence-electron chi connectivity index (χ2n) is 5.40. The summed E-state index contributed by atoms with van der Waals surface area (Å²) in [6, 6.07) is 7.16. The summed E-state index contributed by atoms with van der Waals surface area (Å²) in [5, 5.41) is 3.27. The van der Waals surface area contributed by atoms with Gasteiger partial charge in [0, 0.05) is 0 Å². The lowest BCUT2D eigenvalue weighted by Gasteiger charge is -2.35. The molecule has 3 unspecified atom stereocenters. The fraction of sp³-hybridized carbons (Fsp3) is 0.600. The van der Waals surface area contributed by atoms with Crippen LogP contribution >= 0.6 is 0 Å². The minimum Gasteiger partial charge on any atom is -0.319 e. The van der Waals surface area contributed by atoms with Crippen molar-refractivity contribution in [3.05, 3.63) is 35.6 Å². The van der Waals surface area contributed by atoms with Crippen LogP contribution in [0.2, 0.25) is 0 Å². The highest BCUT2D eigenvalue weighted by molar-refractivity contribution is 5.22. The van der Waals surface area contributed by atoms with Gasteiger partial charge < -0.3 is 5.32 Å². The normalized spacial score (nSPS) is 29.2. The third kappa shape index (κ3) is 3.06. The Kier molecular flexibility index (Phi) is 4.16. The molecular weight excluding hydrogens is 213 g/mol. The molecule has 0 aromatic heterocycles. The van der Waals surface area contributed by atoms with E-state index in [9.17, 15) is 4.39 Å². The predicted octanol–water partition coefficient (Wildman–Crippen LogP) is 3.56. The van der Waals surface area contributed by atoms with Gasteiger partial charge in [0.2, 0.25) is 0 Å². The van der Waals surface area contributed by atoms with Crippen LogP contribution < -0.4 is 5.32 Å². The molecule has 1 aromatic carbocycles. The predicted molar refractivity (Wildman–Crippen MR) is 69.6 cm³/mol. The van der Waals surface area contributed by atoms with Crippen LogP contribution in [0.5, 0.6) is 0 Å². The standard InChI is InChI=1S/C15H22FN/c1-11-6-7-13(10-17-2)15(8-11)12-4-3-5-14(16)9-12/h3-5,9,11,13,15,17H,6-8,10H2,1-2H3. The molecule has 0 heterocycles. The van der Waals surface area contributed by atoms with Crippen molar-refractivity contribution in [2.75, 3.05) is 13.6 Å². The molecule has 1 nitrogen and oxygen atoms in total. The van der Waals surface area contributed by atoms with Crippen molar-refractivity contribution < 1.29 is 4.39 Å². The van der Waals surface area contributed by atoms with Gasteiger partial charge in [0.05, 0.1) is 0 Å². The summed E-state index contributed by atoms with van der Waals surface area (Å²) < 4.78 is 13.3. The molecule has 0 spiro atoms. The molecule has 1 fully saturated rings. The Hall–Kier alpha value is -0.890. The van der Waals surface area contributed by atoms with Gasteiger partial charge in [0.25, 0.3) is 0 Å². The van der Waals surface area contributed by atoms with Crippen LogP contribution in [0.25, 0.3) is 0 Å². The van der Waals surface area contributed by atoms with Crippen molar-refractivity contribution >= 4 is 0 Å². The zero-order chi connectivity index (χ0) is 12.3. The van der Waals surface area contributed by atoms with Crippen molar-refractivity contribution in [3.63, 3.8) is 0 Å². The van der Waals surface area contributed by atoms with Gasteiger partial charge in [-0.3, -0.25) is 0 Å². The molecule has 1 aliphatic carbocycles. The van der Waals surface area contributed by atoms with E-state index in [4.69, 9.17) is 0 Å². The van der Waals surface area contributed by atoms with Crippen LogP contribution in [-0.4, -0.2) is 13.6 Å². The molecule has 0 radical (unpaired) electrons. The van der Waals surface area contributed by atoms with Gasteiger partial charge >= 0.3 is 0 Å². The van der Waals surface area contributed by atoms with E-state index < -0.39 is 0 Å². The first-order valence-electron chi connectivity index (χ1n) is 6.60. The van der Waals surface area contributed by atoms with Crippen molar-refractivity contribution in [1.29, 1.82) is 0 Å². The molecule has 0 bridgehead atoms. The van der Waals surface area contributed by atoms with Crippen LogP contribution in [0.3, 0.4) is 0 Å². The third-order valence-corrected chi connectivity index (χ3v) is 4.00. The first kappa shape index (κ1) is 12.6. The summed E-state index contributed by atoms with van der Waals surface area (Å²) in [6.07, 6.45) is 3.75. The van der Waals surface area contributed by atoms with Crippen LogP contribution in [0.4, 0.5) is 4.39 Å². The Morgan fingerprint density at radius 3 is 2.88 bits per heavy atom. The average Bonchev–Trinajstić information content (AvgIpc) is 2.32. The van der Waals surface area contributed by atoms with E-state index in [1.807, 2.05) is 13.1 Å². The Morgan fingerprint density at radius 1 is 1.35 bits per heavy atom. The summed E-state index contributed by atoms with van der Waals surface area (Å²) in [7, 11) is 2.00. The first-order chi connectivity index (χ1) is 8.20. The highest BCUT2D eigenvalue weighted by Gasteiger charge is 2.29. The first-order valence-corrected chi connectivity index (χ1v) is 6.60. The molecule has 0 saturated heterocycles. The Bertz CT molecular complexity index is 364. The van der Waals surface area contributed by atoms with Gasteiger partial charge in [0.1, 0.15) is 5.82 Å². The molecule has 94 valence electrons. The van der Waals surface area contributed by atoms with E-state index in [0.29, 0.717) is 11.8 Å². The minimum absolute atomic E-state index is 0.107. The zero-order valence-corrected chi connectivity index (χ0v) is 10.7. The van der Waals surface area contributed by atoms with Gasteiger partial charge in [-0.25, -0.2) is 4.39 Å². The summed E-state index contributed by atoms with van der Waals surface area (Å²) in [4.78, 5) is 0. The van der Waals surface area contributed by atoms with Gasteiger partial charge in [-0.1, -0.05) is 25.5 Å². The summed E-state index contributed by atoms with van der Waals surface area (Å²) >= 11 is 0. The largest absolute Gasteiger partial charge is 0.319 e. The lowest BCUT2D eigenvalue weighted by atomic mass is 9.71. The molecule has 1 aliphatic rings. The highest BCUT2D eigenvalue weighted by atomic mass is 19.1. The smallest absolute Gasteiger partial charge is 0.123 e. The molecule has 17 heavy (non-hydrogen) atoms. The lowest BCUT2D eigenvalue weighted by molar-refractivity contribution is 0.244. The van der Waals surface area contributed by atoms with E-state index in [-0.39, 0.29) is 5.82 Å². The maximum atomic E-state index is 13.3. The fourth-order valence-electron chi connectivity index (χ4n) is 3.10. The van der Waals surface area contributed by atoms with Crippen molar-refractivity contribution in [3.8, 4) is 0 Å². The third-order valence-electron chi connectivity index (χ3n) is 4.00. The second-order valence-corrected chi connectivity index (χ2v) is 5.40. The lowest BCUT2D eigenvalue weighted by Crippen LogP contribution is -2.30. The molecule has 2 rings (SSSR count). The summed E-state index contributed by atoms with van der Waals surface area (Å²) in [5.74, 6) is 1.82. The van der Waals surface area contributed by atoms with Gasteiger partial charge in [-0.15, -0.1) is 0 Å². The molecule has 3 atom stereocenters. The van der Waals surface area contributed by atoms with E-state index in [0.717, 1.165) is 12.5 Å². The Labute approximate surface area is 103 Å². The number of benzene rings is 1. The van der Waals surface area contributed by atoms with E-state index in [1.165, 1.54) is 30.9 Å². The quantitative estimate of drug-likeness (QED) is 0.844. The zero-order valence-electron chi connectivity index (χ0n) is 10.7.